The highest BCUT2D eigenvalue weighted by atomic mass is 32.2. The first-order chi connectivity index (χ1) is 9.76. The smallest absolute Gasteiger partial charge is 0.328 e. The number of anilines is 1. The van der Waals surface area contributed by atoms with Gasteiger partial charge in [-0.2, -0.15) is 0 Å². The maximum Gasteiger partial charge on any atom is 0.328 e. The van der Waals surface area contributed by atoms with Crippen LogP contribution in [0.15, 0.2) is 30.3 Å². The highest BCUT2D eigenvalue weighted by Crippen LogP contribution is 2.11. The van der Waals surface area contributed by atoms with Crippen molar-refractivity contribution in [1.29, 1.82) is 0 Å². The molecule has 0 saturated heterocycles. The van der Waals surface area contributed by atoms with Crippen molar-refractivity contribution in [2.24, 2.45) is 0 Å². The zero-order valence-corrected chi connectivity index (χ0v) is 12.2. The summed E-state index contributed by atoms with van der Waals surface area (Å²) < 4.78 is 21.8. The number of carboxylic acids is 1. The van der Waals surface area contributed by atoms with Crippen LogP contribution in [0.2, 0.25) is 0 Å². The molecule has 0 aliphatic carbocycles. The van der Waals surface area contributed by atoms with E-state index in [0.29, 0.717) is 11.3 Å². The van der Waals surface area contributed by atoms with Gasteiger partial charge in [-0.05, 0) is 23.8 Å². The Morgan fingerprint density at radius 2 is 2.05 bits per heavy atom. The lowest BCUT2D eigenvalue weighted by Crippen LogP contribution is -2.32. The van der Waals surface area contributed by atoms with Crippen molar-refractivity contribution in [3.63, 3.8) is 0 Å². The number of rotatable bonds is 6. The van der Waals surface area contributed by atoms with E-state index in [1.807, 2.05) is 0 Å². The summed E-state index contributed by atoms with van der Waals surface area (Å²) >= 11 is 0. The predicted molar refractivity (Wildman–Crippen MR) is 79.8 cm³/mol. The highest BCUT2D eigenvalue weighted by Gasteiger charge is 2.05. The van der Waals surface area contributed by atoms with Crippen molar-refractivity contribution < 1.29 is 23.1 Å². The van der Waals surface area contributed by atoms with E-state index >= 15 is 0 Å². The number of urea groups is 1. The highest BCUT2D eigenvalue weighted by molar-refractivity contribution is 7.90. The molecule has 0 radical (unpaired) electrons. The van der Waals surface area contributed by atoms with Gasteiger partial charge in [-0.25, -0.2) is 18.0 Å². The number of carbonyl (C=O) groups excluding carboxylic acids is 1. The minimum absolute atomic E-state index is 0.0171. The van der Waals surface area contributed by atoms with E-state index in [1.54, 1.807) is 24.3 Å². The van der Waals surface area contributed by atoms with Gasteiger partial charge < -0.3 is 15.7 Å². The zero-order valence-electron chi connectivity index (χ0n) is 11.4. The minimum Gasteiger partial charge on any atom is -0.478 e. The van der Waals surface area contributed by atoms with Gasteiger partial charge in [-0.15, -0.1) is 0 Å². The van der Waals surface area contributed by atoms with Gasteiger partial charge in [0.15, 0.2) is 0 Å². The van der Waals surface area contributed by atoms with Crippen LogP contribution in [0, 0.1) is 0 Å². The molecule has 8 heteroatoms. The quantitative estimate of drug-likeness (QED) is 0.677. The first kappa shape index (κ1) is 16.7. The number of sulfone groups is 1. The molecular weight excluding hydrogens is 296 g/mol. The van der Waals surface area contributed by atoms with Crippen molar-refractivity contribution in [2.45, 2.75) is 0 Å². The Kier molecular flexibility index (Phi) is 5.92. The van der Waals surface area contributed by atoms with E-state index in [-0.39, 0.29) is 12.3 Å². The molecule has 3 N–H and O–H groups in total. The zero-order chi connectivity index (χ0) is 15.9. The van der Waals surface area contributed by atoms with Gasteiger partial charge >= 0.3 is 12.0 Å². The Morgan fingerprint density at radius 3 is 2.67 bits per heavy atom. The number of carbonyl (C=O) groups is 2. The summed E-state index contributed by atoms with van der Waals surface area (Å²) in [4.78, 5) is 22.0. The molecule has 2 amide bonds. The molecule has 0 fully saturated rings. The normalized spacial score (nSPS) is 11.3. The van der Waals surface area contributed by atoms with Crippen LogP contribution in [-0.2, 0) is 14.6 Å². The Bertz CT molecular complexity index is 652. The lowest BCUT2D eigenvalue weighted by atomic mass is 10.2. The van der Waals surface area contributed by atoms with E-state index in [9.17, 15) is 18.0 Å². The second-order valence-corrected chi connectivity index (χ2v) is 6.57. The van der Waals surface area contributed by atoms with Crippen molar-refractivity contribution in [3.8, 4) is 0 Å². The summed E-state index contributed by atoms with van der Waals surface area (Å²) in [5, 5.41) is 13.5. The molecule has 114 valence electrons. The van der Waals surface area contributed by atoms with Crippen molar-refractivity contribution >= 4 is 33.6 Å². The molecule has 0 aromatic heterocycles. The molecule has 0 heterocycles. The van der Waals surface area contributed by atoms with Crippen LogP contribution >= 0.6 is 0 Å². The first-order valence-electron chi connectivity index (χ1n) is 6.00. The molecule has 0 atom stereocenters. The van der Waals surface area contributed by atoms with E-state index < -0.39 is 21.8 Å². The van der Waals surface area contributed by atoms with Gasteiger partial charge in [0, 0.05) is 24.6 Å². The second kappa shape index (κ2) is 7.44. The van der Waals surface area contributed by atoms with Crippen LogP contribution in [-0.4, -0.2) is 44.1 Å². The summed E-state index contributed by atoms with van der Waals surface area (Å²) in [6.07, 6.45) is 3.48. The summed E-state index contributed by atoms with van der Waals surface area (Å²) in [6.45, 7) is 0.0171. The molecule has 0 aliphatic heterocycles. The lowest BCUT2D eigenvalue weighted by molar-refractivity contribution is -0.131. The van der Waals surface area contributed by atoms with E-state index in [2.05, 4.69) is 10.6 Å². The van der Waals surface area contributed by atoms with Crippen LogP contribution in [0.3, 0.4) is 0 Å². The third-order valence-corrected chi connectivity index (χ3v) is 3.27. The molecule has 1 aromatic rings. The SMILES string of the molecule is CS(=O)(=O)CCNC(=O)Nc1cccc(/C=C/C(=O)O)c1. The standard InChI is InChI=1S/C13H16N2O5S/c1-21(19,20)8-7-14-13(18)15-11-4-2-3-10(9-11)5-6-12(16)17/h2-6,9H,7-8H2,1H3,(H,16,17)(H2,14,15,18)/b6-5+. The fourth-order valence-electron chi connectivity index (χ4n) is 1.41. The molecule has 1 aromatic carbocycles. The van der Waals surface area contributed by atoms with Gasteiger partial charge in [-0.3, -0.25) is 0 Å². The van der Waals surface area contributed by atoms with Gasteiger partial charge in [0.1, 0.15) is 9.84 Å². The predicted octanol–water partition coefficient (Wildman–Crippen LogP) is 0.950. The van der Waals surface area contributed by atoms with Crippen LogP contribution in [0.25, 0.3) is 6.08 Å². The fraction of sp³-hybridized carbons (Fsp3) is 0.231. The molecule has 0 spiro atoms. The first-order valence-corrected chi connectivity index (χ1v) is 8.06. The average Bonchev–Trinajstić information content (AvgIpc) is 2.35. The molecule has 0 bridgehead atoms. The van der Waals surface area contributed by atoms with Crippen molar-refractivity contribution in [3.05, 3.63) is 35.9 Å². The third-order valence-electron chi connectivity index (χ3n) is 2.32. The number of hydrogen-bond donors (Lipinski definition) is 3. The van der Waals surface area contributed by atoms with E-state index in [1.165, 1.54) is 6.08 Å². The molecule has 7 nitrogen and oxygen atoms in total. The van der Waals surface area contributed by atoms with Gasteiger partial charge in [0.2, 0.25) is 0 Å². The number of benzene rings is 1. The maximum atomic E-state index is 11.5. The number of nitrogens with one attached hydrogen (secondary N) is 2. The Morgan fingerprint density at radius 1 is 1.33 bits per heavy atom. The summed E-state index contributed by atoms with van der Waals surface area (Å²) in [6, 6.07) is 6.04. The summed E-state index contributed by atoms with van der Waals surface area (Å²) in [5.41, 5.74) is 1.09. The molecule has 1 rings (SSSR count). The van der Waals surface area contributed by atoms with E-state index in [4.69, 9.17) is 5.11 Å². The van der Waals surface area contributed by atoms with Crippen molar-refractivity contribution in [2.75, 3.05) is 23.9 Å². The molecular formula is C13H16N2O5S. The van der Waals surface area contributed by atoms with E-state index in [0.717, 1.165) is 12.3 Å². The van der Waals surface area contributed by atoms with Crippen molar-refractivity contribution in [1.82, 2.24) is 5.32 Å². The van der Waals surface area contributed by atoms with Gasteiger partial charge in [-0.1, -0.05) is 12.1 Å². The number of amides is 2. The largest absolute Gasteiger partial charge is 0.478 e. The molecule has 0 unspecified atom stereocenters. The van der Waals surface area contributed by atoms with Crippen LogP contribution in [0.4, 0.5) is 10.5 Å². The van der Waals surface area contributed by atoms with Gasteiger partial charge in [0.25, 0.3) is 0 Å². The van der Waals surface area contributed by atoms with Crippen LogP contribution in [0.5, 0.6) is 0 Å². The lowest BCUT2D eigenvalue weighted by Gasteiger charge is -2.07. The van der Waals surface area contributed by atoms with Crippen LogP contribution in [0.1, 0.15) is 5.56 Å². The third kappa shape index (κ3) is 7.73. The second-order valence-electron chi connectivity index (χ2n) is 4.31. The topological polar surface area (TPSA) is 113 Å². The van der Waals surface area contributed by atoms with Crippen LogP contribution < -0.4 is 10.6 Å². The maximum absolute atomic E-state index is 11.5. The number of hydrogen-bond acceptors (Lipinski definition) is 4. The summed E-state index contributed by atoms with van der Waals surface area (Å²) in [7, 11) is -3.12. The Balaban J connectivity index is 2.56. The minimum atomic E-state index is -3.12. The fourth-order valence-corrected chi connectivity index (χ4v) is 1.89. The average molecular weight is 312 g/mol. The number of carboxylic acid groups (broad SMARTS) is 1. The van der Waals surface area contributed by atoms with Gasteiger partial charge in [0.05, 0.1) is 5.75 Å². The molecule has 21 heavy (non-hydrogen) atoms. The molecule has 0 aliphatic rings. The Labute approximate surface area is 122 Å². The Hall–Kier alpha value is -2.35. The monoisotopic (exact) mass is 312 g/mol. The molecule has 0 saturated carbocycles. The summed E-state index contributed by atoms with van der Waals surface area (Å²) in [5.74, 6) is -1.20. The number of aliphatic carboxylic acids is 1.